The normalized spacial score (nSPS) is 34.6. The number of carbonyl (C=O) groups is 3. The second kappa shape index (κ2) is 27.6. The third-order valence-electron chi connectivity index (χ3n) is 11.4. The van der Waals surface area contributed by atoms with Crippen molar-refractivity contribution in [2.24, 2.45) is 5.11 Å². The molecule has 0 unspecified atom stereocenters. The average Bonchev–Trinajstić information content (AvgIpc) is 3.28. The Kier molecular flexibility index (Phi) is 23.8. The topological polar surface area (TPSA) is 422 Å². The highest BCUT2D eigenvalue weighted by Crippen LogP contribution is 2.38. The van der Waals surface area contributed by atoms with E-state index in [-0.39, 0.29) is 6.42 Å². The summed E-state index contributed by atoms with van der Waals surface area (Å²) in [6.07, 6.45) is -21.4. The van der Waals surface area contributed by atoms with Gasteiger partial charge in [-0.1, -0.05) is 49.7 Å². The third-order valence-corrected chi connectivity index (χ3v) is 11.4. The van der Waals surface area contributed by atoms with E-state index in [2.05, 4.69) is 27.2 Å². The molecule has 3 aliphatic rings. The molecule has 2 amide bonds. The van der Waals surface area contributed by atoms with Gasteiger partial charge in [-0.3, -0.25) is 9.59 Å². The number of unbranched alkanes of at least 4 members (excludes halogenated alkanes) is 7. The van der Waals surface area contributed by atoms with Crippen molar-refractivity contribution in [3.05, 3.63) is 23.1 Å². The molecule has 0 bridgehead atoms. The third kappa shape index (κ3) is 15.7. The number of nitrogens with one attached hydrogen (secondary N) is 2. The fourth-order valence-electron chi connectivity index (χ4n) is 7.73. The first-order valence-electron chi connectivity index (χ1n) is 21.5. The molecule has 0 spiro atoms. The van der Waals surface area contributed by atoms with Gasteiger partial charge in [0.15, 0.2) is 12.6 Å². The lowest BCUT2D eigenvalue weighted by atomic mass is 9.88. The summed E-state index contributed by atoms with van der Waals surface area (Å²) in [4.78, 5) is 40.2. The van der Waals surface area contributed by atoms with Gasteiger partial charge >= 0.3 is 5.97 Å². The number of carbonyl (C=O) groups excluding carboxylic acids is 2. The predicted octanol–water partition coefficient (Wildman–Crippen LogP) is -4.35. The number of carboxylic acid groups (broad SMARTS) is 1. The van der Waals surface area contributed by atoms with Crippen LogP contribution < -0.4 is 10.6 Å². The molecule has 3 fully saturated rings. The summed E-state index contributed by atoms with van der Waals surface area (Å²) >= 11 is 0. The van der Waals surface area contributed by atoms with Crippen molar-refractivity contribution in [3.63, 3.8) is 0 Å². The lowest BCUT2D eigenvalue weighted by Gasteiger charge is -2.50. The minimum absolute atomic E-state index is 0.137. The molecule has 14 N–H and O–H groups in total. The first kappa shape index (κ1) is 56.1. The Morgan fingerprint density at radius 1 is 0.877 bits per heavy atom. The molecule has 3 heterocycles. The second-order valence-corrected chi connectivity index (χ2v) is 16.2. The quantitative estimate of drug-likeness (QED) is 0.0116. The van der Waals surface area contributed by atoms with E-state index in [1.807, 2.05) is 0 Å². The molecule has 3 aliphatic heterocycles. The first-order valence-corrected chi connectivity index (χ1v) is 21.5. The number of amides is 2. The zero-order valence-electron chi connectivity index (χ0n) is 36.1. The molecule has 374 valence electrons. The van der Waals surface area contributed by atoms with Crippen LogP contribution in [0.3, 0.4) is 0 Å². The van der Waals surface area contributed by atoms with Crippen molar-refractivity contribution < 1.29 is 104 Å². The van der Waals surface area contributed by atoms with Crippen LogP contribution in [0, 0.1) is 0 Å². The zero-order valence-corrected chi connectivity index (χ0v) is 36.1. The summed E-state index contributed by atoms with van der Waals surface area (Å²) in [7, 11) is 0. The minimum Gasteiger partial charge on any atom is -0.477 e. The molecule has 65 heavy (non-hydrogen) atoms. The monoisotopic (exact) mass is 941 g/mol. The SMILES string of the molecule is C=C[C@@H](O)[C@H](CO[C@@H]1O[C@H](CO)[C@@H](O[C@@H]2O[C@H](CO)[C@H](O)[C@H](O[C@]3(C(=O)O)C[C@H](O)[C@@H](NC(C)=O)[C@H]([C@H](O)[C@H](O)CO)O3)[C@H]2O)[C@H](O)[C@H]1O)NC(=O)CCCCCCCCCCN=[N+]=[N-]. The molecule has 0 saturated carbocycles. The first-order chi connectivity index (χ1) is 30.9. The van der Waals surface area contributed by atoms with Crippen LogP contribution in [0.25, 0.3) is 10.4 Å². The van der Waals surface area contributed by atoms with Crippen LogP contribution in [0.5, 0.6) is 0 Å². The Morgan fingerprint density at radius 2 is 1.49 bits per heavy atom. The molecule has 0 aromatic rings. The molecule has 0 aromatic carbocycles. The molecular weight excluding hydrogens is 874 g/mol. The van der Waals surface area contributed by atoms with Crippen molar-refractivity contribution in [2.45, 2.75) is 181 Å². The molecule has 0 aromatic heterocycles. The van der Waals surface area contributed by atoms with Gasteiger partial charge in [0.05, 0.1) is 50.7 Å². The Balaban J connectivity index is 1.68. The molecule has 0 aliphatic carbocycles. The van der Waals surface area contributed by atoms with Crippen LogP contribution in [0.4, 0.5) is 0 Å². The molecule has 26 heteroatoms. The van der Waals surface area contributed by atoms with Crippen LogP contribution in [0.15, 0.2) is 17.8 Å². The van der Waals surface area contributed by atoms with Gasteiger partial charge in [-0.2, -0.15) is 0 Å². The lowest BCUT2D eigenvalue weighted by molar-refractivity contribution is -0.386. The van der Waals surface area contributed by atoms with Gasteiger partial charge in [-0.15, -0.1) is 6.58 Å². The number of hydrogen-bond donors (Lipinski definition) is 14. The zero-order chi connectivity index (χ0) is 48.4. The van der Waals surface area contributed by atoms with Crippen LogP contribution in [-0.4, -0.2) is 222 Å². The number of azide groups is 1. The van der Waals surface area contributed by atoms with Crippen molar-refractivity contribution in [2.75, 3.05) is 33.0 Å². The van der Waals surface area contributed by atoms with Gasteiger partial charge in [0.1, 0.15) is 67.1 Å². The van der Waals surface area contributed by atoms with Crippen LogP contribution in [0.2, 0.25) is 0 Å². The van der Waals surface area contributed by atoms with Gasteiger partial charge in [0.25, 0.3) is 5.79 Å². The molecular formula is C39H67N5O21. The Labute approximate surface area is 374 Å². The van der Waals surface area contributed by atoms with Crippen molar-refractivity contribution >= 4 is 17.8 Å². The number of nitrogens with zero attached hydrogens (tertiary/aromatic N) is 3. The van der Waals surface area contributed by atoms with Gasteiger partial charge in [0, 0.05) is 31.2 Å². The second-order valence-electron chi connectivity index (χ2n) is 16.2. The van der Waals surface area contributed by atoms with E-state index in [1.54, 1.807) is 0 Å². The van der Waals surface area contributed by atoms with Crippen molar-refractivity contribution in [1.29, 1.82) is 0 Å². The smallest absolute Gasteiger partial charge is 0.364 e. The number of ether oxygens (including phenoxy) is 6. The summed E-state index contributed by atoms with van der Waals surface area (Å²) in [5.74, 6) is -6.26. The van der Waals surface area contributed by atoms with Crippen molar-refractivity contribution in [1.82, 2.24) is 10.6 Å². The summed E-state index contributed by atoms with van der Waals surface area (Å²) in [5.41, 5.74) is 8.32. The van der Waals surface area contributed by atoms with Gasteiger partial charge in [-0.05, 0) is 18.4 Å². The van der Waals surface area contributed by atoms with E-state index >= 15 is 0 Å². The molecule has 26 nitrogen and oxygen atoms in total. The molecule has 18 atom stereocenters. The number of carboxylic acids is 1. The Morgan fingerprint density at radius 3 is 2.06 bits per heavy atom. The summed E-state index contributed by atoms with van der Waals surface area (Å²) in [6, 6.07) is -2.68. The summed E-state index contributed by atoms with van der Waals surface area (Å²) in [6.45, 7) is 1.53. The number of rotatable bonds is 28. The number of hydrogen-bond acceptors (Lipinski definition) is 21. The van der Waals surface area contributed by atoms with E-state index in [9.17, 15) is 75.7 Å². The van der Waals surface area contributed by atoms with Crippen molar-refractivity contribution in [3.8, 4) is 0 Å². The predicted molar refractivity (Wildman–Crippen MR) is 217 cm³/mol. The van der Waals surface area contributed by atoms with E-state index in [0.717, 1.165) is 57.9 Å². The van der Waals surface area contributed by atoms with Gasteiger partial charge in [-0.25, -0.2) is 4.79 Å². The highest BCUT2D eigenvalue weighted by molar-refractivity contribution is 5.77. The van der Waals surface area contributed by atoms with E-state index < -0.39 is 160 Å². The van der Waals surface area contributed by atoms with E-state index in [1.165, 1.54) is 0 Å². The fourth-order valence-corrected chi connectivity index (χ4v) is 7.73. The average molecular weight is 942 g/mol. The van der Waals surface area contributed by atoms with Crippen LogP contribution >= 0.6 is 0 Å². The number of aliphatic hydroxyl groups is 11. The lowest BCUT2D eigenvalue weighted by Crippen LogP contribution is -2.70. The molecule has 0 radical (unpaired) electrons. The fraction of sp³-hybridized carbons (Fsp3) is 0.872. The molecule has 3 saturated heterocycles. The Hall–Kier alpha value is -3.22. The largest absolute Gasteiger partial charge is 0.477 e. The van der Waals surface area contributed by atoms with E-state index in [0.29, 0.717) is 13.0 Å². The van der Waals surface area contributed by atoms with Crippen LogP contribution in [-0.2, 0) is 42.8 Å². The Bertz CT molecular complexity index is 1530. The highest BCUT2D eigenvalue weighted by atomic mass is 16.8. The minimum atomic E-state index is -3.08. The van der Waals surface area contributed by atoms with E-state index in [4.69, 9.17) is 34.0 Å². The standard InChI is InChI=1S/C39H67N5O21/c1-3-21(49)20(43-26(52)12-10-8-6-4-5-7-9-11-13-41-44-40)18-60-36-31(56)30(55)33(25(17-47)62-36)63-37-32(57)35(29(54)24(16-46)61-37)65-39(38(58)59)14-22(50)27(42-19(2)48)34(64-39)28(53)23(51)15-45/h3,20-25,27-37,45-47,49-51,53-57H,1,4-18H2,2H3,(H,42,48)(H,43,52)(H,58,59)/t20-,21+,22-,23+,24+,25+,27+,28+,29-,30+,31+,32+,33+,34+,35-,36+,37-,39-/m0/s1. The number of aliphatic hydroxyl groups excluding tert-OH is 11. The summed E-state index contributed by atoms with van der Waals surface area (Å²) < 4.78 is 33.8. The van der Waals surface area contributed by atoms with Gasteiger partial charge in [0.2, 0.25) is 11.8 Å². The maximum absolute atomic E-state index is 12.8. The number of aliphatic carboxylic acids is 1. The van der Waals surface area contributed by atoms with Gasteiger partial charge < -0.3 is 100 Å². The maximum Gasteiger partial charge on any atom is 0.364 e. The summed E-state index contributed by atoms with van der Waals surface area (Å²) in [5, 5.41) is 136. The highest BCUT2D eigenvalue weighted by Gasteiger charge is 2.60. The van der Waals surface area contributed by atoms with Crippen LogP contribution in [0.1, 0.15) is 71.1 Å². The maximum atomic E-state index is 12.8. The molecule has 3 rings (SSSR count).